The molecule has 3 heteroatoms. The van der Waals surface area contributed by atoms with Crippen molar-refractivity contribution in [2.75, 3.05) is 6.54 Å². The van der Waals surface area contributed by atoms with E-state index in [0.717, 1.165) is 6.54 Å². The van der Waals surface area contributed by atoms with Crippen LogP contribution >= 0.6 is 0 Å². The minimum absolute atomic E-state index is 0.0162. The Morgan fingerprint density at radius 1 is 1.58 bits per heavy atom. The zero-order valence-electron chi connectivity index (χ0n) is 8.23. The summed E-state index contributed by atoms with van der Waals surface area (Å²) in [6.07, 6.45) is 0.476. The molecule has 1 unspecified atom stereocenters. The summed E-state index contributed by atoms with van der Waals surface area (Å²) in [4.78, 5) is 11.3. The van der Waals surface area contributed by atoms with Gasteiger partial charge in [0.25, 0.3) is 0 Å². The molecular formula is C9H17NO2. The van der Waals surface area contributed by atoms with E-state index in [-0.39, 0.29) is 17.1 Å². The Hall–Kier alpha value is -0.570. The van der Waals surface area contributed by atoms with E-state index in [9.17, 15) is 4.79 Å². The van der Waals surface area contributed by atoms with E-state index >= 15 is 0 Å². The van der Waals surface area contributed by atoms with Crippen molar-refractivity contribution in [2.45, 2.75) is 45.3 Å². The number of carbonyl (C=O) groups is 1. The molecule has 0 aliphatic carbocycles. The van der Waals surface area contributed by atoms with Gasteiger partial charge in [0.05, 0.1) is 6.42 Å². The molecule has 1 aliphatic heterocycles. The molecule has 1 N–H and O–H groups in total. The fourth-order valence-electron chi connectivity index (χ4n) is 0.972. The zero-order valence-corrected chi connectivity index (χ0v) is 8.23. The maximum Gasteiger partial charge on any atom is 0.308 e. The summed E-state index contributed by atoms with van der Waals surface area (Å²) in [6.45, 7) is 8.60. The lowest BCUT2D eigenvalue weighted by atomic mass is 10.1. The Bertz CT molecular complexity index is 180. The van der Waals surface area contributed by atoms with Crippen LogP contribution in [0.2, 0.25) is 0 Å². The number of hydrogen-bond acceptors (Lipinski definition) is 3. The van der Waals surface area contributed by atoms with Gasteiger partial charge in [-0.2, -0.15) is 0 Å². The standard InChI is InChI=1S/C9H17NO2/c1-8(2,3)12-7(11)5-9(4)6-10-9/h10H,5-6H2,1-4H3. The molecule has 0 radical (unpaired) electrons. The second kappa shape index (κ2) is 2.73. The van der Waals surface area contributed by atoms with E-state index in [1.807, 2.05) is 27.7 Å². The highest BCUT2D eigenvalue weighted by molar-refractivity contribution is 5.72. The maximum absolute atomic E-state index is 11.3. The monoisotopic (exact) mass is 171 g/mol. The first-order valence-electron chi connectivity index (χ1n) is 4.28. The number of esters is 1. The van der Waals surface area contributed by atoms with Gasteiger partial charge in [-0.05, 0) is 27.7 Å². The van der Waals surface area contributed by atoms with E-state index in [2.05, 4.69) is 5.32 Å². The van der Waals surface area contributed by atoms with Gasteiger partial charge in [0.2, 0.25) is 0 Å². The minimum Gasteiger partial charge on any atom is -0.460 e. The molecule has 0 amide bonds. The lowest BCUT2D eigenvalue weighted by molar-refractivity contribution is -0.155. The average Bonchev–Trinajstić information content (AvgIpc) is 2.40. The van der Waals surface area contributed by atoms with Crippen LogP contribution in [0.1, 0.15) is 34.1 Å². The van der Waals surface area contributed by atoms with Crippen LogP contribution in [0.15, 0.2) is 0 Å². The van der Waals surface area contributed by atoms with E-state index in [0.29, 0.717) is 6.42 Å². The third-order valence-electron chi connectivity index (χ3n) is 1.73. The van der Waals surface area contributed by atoms with Gasteiger partial charge in [-0.15, -0.1) is 0 Å². The van der Waals surface area contributed by atoms with Gasteiger partial charge in [-0.1, -0.05) is 0 Å². The molecule has 3 nitrogen and oxygen atoms in total. The van der Waals surface area contributed by atoms with Crippen LogP contribution in [0.4, 0.5) is 0 Å². The lowest BCUT2D eigenvalue weighted by Crippen LogP contribution is -2.27. The highest BCUT2D eigenvalue weighted by atomic mass is 16.6. The molecule has 1 saturated heterocycles. The predicted molar refractivity (Wildman–Crippen MR) is 46.9 cm³/mol. The van der Waals surface area contributed by atoms with Crippen LogP contribution in [0.25, 0.3) is 0 Å². The molecule has 1 aliphatic rings. The van der Waals surface area contributed by atoms with Crippen molar-refractivity contribution < 1.29 is 9.53 Å². The van der Waals surface area contributed by atoms with Crippen LogP contribution in [0.3, 0.4) is 0 Å². The Kier molecular flexibility index (Phi) is 2.17. The van der Waals surface area contributed by atoms with Crippen molar-refractivity contribution in [1.82, 2.24) is 5.32 Å². The molecule has 0 aromatic heterocycles. The smallest absolute Gasteiger partial charge is 0.308 e. The second-order valence-corrected chi connectivity index (χ2v) is 4.68. The molecule has 1 fully saturated rings. The molecule has 0 spiro atoms. The maximum atomic E-state index is 11.3. The molecular weight excluding hydrogens is 154 g/mol. The zero-order chi connectivity index (χ0) is 9.41. The summed E-state index contributed by atoms with van der Waals surface area (Å²) in [6, 6.07) is 0. The van der Waals surface area contributed by atoms with Gasteiger partial charge in [0.1, 0.15) is 5.60 Å². The summed E-state index contributed by atoms with van der Waals surface area (Å²) in [7, 11) is 0. The van der Waals surface area contributed by atoms with Gasteiger partial charge >= 0.3 is 5.97 Å². The third kappa shape index (κ3) is 3.22. The van der Waals surface area contributed by atoms with Crippen LogP contribution in [0, 0.1) is 0 Å². The van der Waals surface area contributed by atoms with Crippen LogP contribution in [0.5, 0.6) is 0 Å². The summed E-state index contributed by atoms with van der Waals surface area (Å²) < 4.78 is 5.17. The van der Waals surface area contributed by atoms with E-state index in [1.165, 1.54) is 0 Å². The summed E-state index contributed by atoms with van der Waals surface area (Å²) in [5.74, 6) is -0.116. The van der Waals surface area contributed by atoms with Gasteiger partial charge in [0.15, 0.2) is 0 Å². The quantitative estimate of drug-likeness (QED) is 0.499. The van der Waals surface area contributed by atoms with Gasteiger partial charge in [-0.3, -0.25) is 4.79 Å². The van der Waals surface area contributed by atoms with Crippen molar-refractivity contribution in [1.29, 1.82) is 0 Å². The van der Waals surface area contributed by atoms with Gasteiger partial charge in [-0.25, -0.2) is 0 Å². The average molecular weight is 171 g/mol. The fourth-order valence-corrected chi connectivity index (χ4v) is 0.972. The Labute approximate surface area is 73.5 Å². The van der Waals surface area contributed by atoms with E-state index in [1.54, 1.807) is 0 Å². The minimum atomic E-state index is -0.359. The number of nitrogens with one attached hydrogen (secondary N) is 1. The highest BCUT2D eigenvalue weighted by Crippen LogP contribution is 2.22. The van der Waals surface area contributed by atoms with Crippen molar-refractivity contribution in [3.05, 3.63) is 0 Å². The van der Waals surface area contributed by atoms with E-state index in [4.69, 9.17) is 4.74 Å². The SMILES string of the molecule is CC1(CC(=O)OC(C)(C)C)CN1. The van der Waals surface area contributed by atoms with Gasteiger partial charge < -0.3 is 10.1 Å². The summed E-state index contributed by atoms with van der Waals surface area (Å²) >= 11 is 0. The second-order valence-electron chi connectivity index (χ2n) is 4.68. The highest BCUT2D eigenvalue weighted by Gasteiger charge is 2.39. The molecule has 0 bridgehead atoms. The molecule has 1 atom stereocenters. The van der Waals surface area contributed by atoms with Crippen LogP contribution < -0.4 is 5.32 Å². The molecule has 12 heavy (non-hydrogen) atoms. The summed E-state index contributed by atoms with van der Waals surface area (Å²) in [5, 5.41) is 3.13. The molecule has 0 saturated carbocycles. The molecule has 70 valence electrons. The number of rotatable bonds is 2. The van der Waals surface area contributed by atoms with Crippen molar-refractivity contribution in [3.8, 4) is 0 Å². The fraction of sp³-hybridized carbons (Fsp3) is 0.889. The lowest BCUT2D eigenvalue weighted by Gasteiger charge is -2.20. The third-order valence-corrected chi connectivity index (χ3v) is 1.73. The van der Waals surface area contributed by atoms with Crippen LogP contribution in [-0.4, -0.2) is 23.7 Å². The number of hydrogen-bond donors (Lipinski definition) is 1. The van der Waals surface area contributed by atoms with Crippen molar-refractivity contribution >= 4 is 5.97 Å². The van der Waals surface area contributed by atoms with Gasteiger partial charge in [0, 0.05) is 12.1 Å². The molecule has 1 heterocycles. The van der Waals surface area contributed by atoms with Crippen LogP contribution in [-0.2, 0) is 9.53 Å². The molecule has 0 aromatic rings. The van der Waals surface area contributed by atoms with Crippen molar-refractivity contribution in [3.63, 3.8) is 0 Å². The largest absolute Gasteiger partial charge is 0.460 e. The number of carbonyl (C=O) groups excluding carboxylic acids is 1. The Morgan fingerprint density at radius 2 is 2.08 bits per heavy atom. The summed E-state index contributed by atoms with van der Waals surface area (Å²) in [5.41, 5.74) is -0.343. The molecule has 0 aromatic carbocycles. The Balaban J connectivity index is 2.30. The predicted octanol–water partition coefficient (Wildman–Crippen LogP) is 1.08. The van der Waals surface area contributed by atoms with E-state index < -0.39 is 0 Å². The normalized spacial score (nSPS) is 28.3. The number of ether oxygens (including phenoxy) is 1. The molecule has 1 rings (SSSR count). The first kappa shape index (κ1) is 9.52. The first-order valence-corrected chi connectivity index (χ1v) is 4.28. The topological polar surface area (TPSA) is 48.2 Å². The first-order chi connectivity index (χ1) is 5.31. The van der Waals surface area contributed by atoms with Crippen molar-refractivity contribution in [2.24, 2.45) is 0 Å². The Morgan fingerprint density at radius 3 is 2.42 bits per heavy atom.